The Hall–Kier alpha value is -3.32. The summed E-state index contributed by atoms with van der Waals surface area (Å²) in [7, 11) is 0. The Kier molecular flexibility index (Phi) is 4.06. The molecule has 0 unspecified atom stereocenters. The number of non-ortho nitro benzene ring substituents is 1. The number of thiazole rings is 1. The average molecular weight is 363 g/mol. The lowest BCUT2D eigenvalue weighted by molar-refractivity contribution is -0.384. The molecule has 128 valence electrons. The Morgan fingerprint density at radius 1 is 1.23 bits per heavy atom. The van der Waals surface area contributed by atoms with Crippen molar-refractivity contribution >= 4 is 34.1 Å². The molecule has 1 heterocycles. The molecule has 1 aliphatic carbocycles. The molecule has 1 amide bonds. The highest BCUT2D eigenvalue weighted by molar-refractivity contribution is 7.16. The number of amides is 1. The monoisotopic (exact) mass is 363 g/mol. The van der Waals surface area contributed by atoms with E-state index in [1.807, 2.05) is 18.2 Å². The molecule has 0 saturated heterocycles. The summed E-state index contributed by atoms with van der Waals surface area (Å²) in [5.41, 5.74) is 3.88. The van der Waals surface area contributed by atoms with Crippen LogP contribution in [0, 0.1) is 10.1 Å². The van der Waals surface area contributed by atoms with Crippen molar-refractivity contribution < 1.29 is 9.72 Å². The van der Waals surface area contributed by atoms with E-state index < -0.39 is 4.92 Å². The smallest absolute Gasteiger partial charge is 0.270 e. The van der Waals surface area contributed by atoms with E-state index in [1.165, 1.54) is 35.1 Å². The Labute approximate surface area is 153 Å². The van der Waals surface area contributed by atoms with Crippen LogP contribution in [0.15, 0.2) is 54.6 Å². The second-order valence-corrected chi connectivity index (χ2v) is 6.88. The number of fused-ring (bicyclic) bond motifs is 3. The summed E-state index contributed by atoms with van der Waals surface area (Å²) >= 11 is 1.47. The number of benzene rings is 2. The number of nitrogens with zero attached hydrogens (tertiary/aromatic N) is 2. The van der Waals surface area contributed by atoms with Gasteiger partial charge in [0, 0.05) is 35.1 Å². The molecule has 0 radical (unpaired) electrons. The van der Waals surface area contributed by atoms with Crippen LogP contribution in [0.4, 0.5) is 10.8 Å². The minimum absolute atomic E-state index is 0.0115. The first-order valence-corrected chi connectivity index (χ1v) is 8.73. The van der Waals surface area contributed by atoms with Crippen LogP contribution >= 0.6 is 11.3 Å². The van der Waals surface area contributed by atoms with E-state index in [4.69, 9.17) is 0 Å². The van der Waals surface area contributed by atoms with Gasteiger partial charge in [-0.25, -0.2) is 4.98 Å². The zero-order valence-corrected chi connectivity index (χ0v) is 14.3. The van der Waals surface area contributed by atoms with Crippen LogP contribution in [0.1, 0.15) is 16.0 Å². The largest absolute Gasteiger partial charge is 0.298 e. The van der Waals surface area contributed by atoms with Crippen molar-refractivity contribution in [3.8, 4) is 11.3 Å². The van der Waals surface area contributed by atoms with Gasteiger partial charge in [0.2, 0.25) is 5.91 Å². The van der Waals surface area contributed by atoms with Gasteiger partial charge >= 0.3 is 0 Å². The van der Waals surface area contributed by atoms with Crippen LogP contribution in [0.2, 0.25) is 0 Å². The van der Waals surface area contributed by atoms with Crippen molar-refractivity contribution in [2.24, 2.45) is 0 Å². The van der Waals surface area contributed by atoms with Crippen LogP contribution < -0.4 is 5.32 Å². The van der Waals surface area contributed by atoms with Crippen molar-refractivity contribution in [3.63, 3.8) is 0 Å². The Balaban J connectivity index is 1.47. The van der Waals surface area contributed by atoms with Crippen molar-refractivity contribution in [3.05, 3.63) is 80.7 Å². The van der Waals surface area contributed by atoms with Crippen LogP contribution in [0.3, 0.4) is 0 Å². The SMILES string of the molecule is O=C(C=Cc1cccc([N+](=O)[O-])c1)Nc1nc2c(s1)Cc1ccccc1-2. The standard InChI is InChI=1S/C19H13N3O3S/c23-17(9-8-12-4-3-6-14(10-12)22(24)25)20-19-21-18-15-7-2-1-5-13(15)11-16(18)26-19/h1-10H,11H2,(H,20,21,23). The highest BCUT2D eigenvalue weighted by Crippen LogP contribution is 2.40. The number of aromatic nitrogens is 1. The molecule has 3 aromatic rings. The minimum atomic E-state index is -0.466. The van der Waals surface area contributed by atoms with Crippen molar-refractivity contribution in [1.29, 1.82) is 0 Å². The van der Waals surface area contributed by atoms with Gasteiger partial charge in [-0.3, -0.25) is 20.2 Å². The molecule has 0 aliphatic heterocycles. The third kappa shape index (κ3) is 3.12. The number of anilines is 1. The van der Waals surface area contributed by atoms with Crippen LogP contribution in [-0.4, -0.2) is 15.8 Å². The predicted molar refractivity (Wildman–Crippen MR) is 101 cm³/mol. The lowest BCUT2D eigenvalue weighted by Gasteiger charge is -1.99. The van der Waals surface area contributed by atoms with E-state index in [0.29, 0.717) is 10.7 Å². The van der Waals surface area contributed by atoms with Crippen molar-refractivity contribution in [2.45, 2.75) is 6.42 Å². The van der Waals surface area contributed by atoms with Gasteiger partial charge in [-0.15, -0.1) is 11.3 Å². The zero-order valence-electron chi connectivity index (χ0n) is 13.5. The number of carbonyl (C=O) groups is 1. The molecule has 4 rings (SSSR count). The van der Waals surface area contributed by atoms with Crippen LogP contribution in [0.5, 0.6) is 0 Å². The fraction of sp³-hybridized carbons (Fsp3) is 0.0526. The molecule has 1 aromatic heterocycles. The van der Waals surface area contributed by atoms with Gasteiger partial charge in [-0.05, 0) is 17.2 Å². The number of carbonyl (C=O) groups excluding carboxylic acids is 1. The van der Waals surface area contributed by atoms with E-state index in [9.17, 15) is 14.9 Å². The number of nitrogens with one attached hydrogen (secondary N) is 1. The fourth-order valence-corrected chi connectivity index (χ4v) is 3.88. The molecule has 26 heavy (non-hydrogen) atoms. The summed E-state index contributed by atoms with van der Waals surface area (Å²) in [6.45, 7) is 0. The molecule has 6 nitrogen and oxygen atoms in total. The molecule has 1 aliphatic rings. The molecule has 0 spiro atoms. The van der Waals surface area contributed by atoms with Crippen molar-refractivity contribution in [2.75, 3.05) is 5.32 Å². The van der Waals surface area contributed by atoms with Gasteiger partial charge in [0.25, 0.3) is 5.69 Å². The number of hydrogen-bond donors (Lipinski definition) is 1. The number of nitro groups is 1. The van der Waals surface area contributed by atoms with Gasteiger partial charge in [0.05, 0.1) is 10.6 Å². The molecule has 0 fully saturated rings. The lowest BCUT2D eigenvalue weighted by atomic mass is 10.1. The predicted octanol–water partition coefficient (Wildman–Crippen LogP) is 4.27. The Morgan fingerprint density at radius 2 is 2.08 bits per heavy atom. The Bertz CT molecular complexity index is 1060. The normalized spacial score (nSPS) is 12.0. The minimum Gasteiger partial charge on any atom is -0.298 e. The van der Waals surface area contributed by atoms with E-state index in [0.717, 1.165) is 22.6 Å². The van der Waals surface area contributed by atoms with E-state index in [-0.39, 0.29) is 11.6 Å². The second kappa shape index (κ2) is 6.53. The summed E-state index contributed by atoms with van der Waals surface area (Å²) in [6.07, 6.45) is 3.72. The summed E-state index contributed by atoms with van der Waals surface area (Å²) in [5.74, 6) is -0.322. The third-order valence-electron chi connectivity index (χ3n) is 4.06. The molecule has 1 N–H and O–H groups in total. The van der Waals surface area contributed by atoms with Crippen molar-refractivity contribution in [1.82, 2.24) is 4.98 Å². The van der Waals surface area contributed by atoms with Crippen LogP contribution in [0.25, 0.3) is 17.3 Å². The maximum atomic E-state index is 12.1. The summed E-state index contributed by atoms with van der Waals surface area (Å²) in [6, 6.07) is 14.2. The molecule has 2 aromatic carbocycles. The maximum Gasteiger partial charge on any atom is 0.270 e. The van der Waals surface area contributed by atoms with Gasteiger partial charge in [0.15, 0.2) is 5.13 Å². The summed E-state index contributed by atoms with van der Waals surface area (Å²) in [5, 5.41) is 14.1. The lowest BCUT2D eigenvalue weighted by Crippen LogP contribution is -2.07. The molecule has 0 atom stereocenters. The molecule has 0 saturated carbocycles. The first-order valence-electron chi connectivity index (χ1n) is 7.91. The maximum absolute atomic E-state index is 12.1. The zero-order chi connectivity index (χ0) is 18.1. The highest BCUT2D eigenvalue weighted by atomic mass is 32.1. The van der Waals surface area contributed by atoms with Gasteiger partial charge in [-0.2, -0.15) is 0 Å². The van der Waals surface area contributed by atoms with E-state index in [1.54, 1.807) is 18.2 Å². The molecular formula is C19H13N3O3S. The third-order valence-corrected chi connectivity index (χ3v) is 5.03. The first kappa shape index (κ1) is 16.2. The molecule has 7 heteroatoms. The Morgan fingerprint density at radius 3 is 2.92 bits per heavy atom. The first-order chi connectivity index (χ1) is 12.6. The number of rotatable bonds is 4. The molecular weight excluding hydrogens is 350 g/mol. The van der Waals surface area contributed by atoms with E-state index in [2.05, 4.69) is 16.4 Å². The van der Waals surface area contributed by atoms with Crippen LogP contribution in [-0.2, 0) is 11.2 Å². The fourth-order valence-electron chi connectivity index (χ4n) is 2.87. The average Bonchev–Trinajstić information content (AvgIpc) is 3.17. The van der Waals surface area contributed by atoms with Gasteiger partial charge in [0.1, 0.15) is 0 Å². The van der Waals surface area contributed by atoms with E-state index >= 15 is 0 Å². The van der Waals surface area contributed by atoms with Gasteiger partial charge < -0.3 is 0 Å². The number of nitro benzene ring substituents is 1. The summed E-state index contributed by atoms with van der Waals surface area (Å²) in [4.78, 5) is 28.1. The summed E-state index contributed by atoms with van der Waals surface area (Å²) < 4.78 is 0. The topological polar surface area (TPSA) is 85.1 Å². The quantitative estimate of drug-likeness (QED) is 0.333. The number of hydrogen-bond acceptors (Lipinski definition) is 5. The van der Waals surface area contributed by atoms with Gasteiger partial charge in [-0.1, -0.05) is 36.4 Å². The molecule has 0 bridgehead atoms. The highest BCUT2D eigenvalue weighted by Gasteiger charge is 2.23. The second-order valence-electron chi connectivity index (χ2n) is 5.80.